The Bertz CT molecular complexity index is 869. The zero-order chi connectivity index (χ0) is 17.8. The SMILES string of the molecule is CC(C)c1ocnc1C(=O)NCCc1ccn(-c2cccc(F)c2)n1. The zero-order valence-corrected chi connectivity index (χ0v) is 14.1. The fourth-order valence-corrected chi connectivity index (χ4v) is 2.48. The molecular weight excluding hydrogens is 323 g/mol. The van der Waals surface area contributed by atoms with Crippen LogP contribution in [0.4, 0.5) is 4.39 Å². The monoisotopic (exact) mass is 342 g/mol. The van der Waals surface area contributed by atoms with Gasteiger partial charge in [0.05, 0.1) is 11.4 Å². The van der Waals surface area contributed by atoms with Crippen LogP contribution in [-0.2, 0) is 6.42 Å². The highest BCUT2D eigenvalue weighted by Crippen LogP contribution is 2.18. The first-order valence-electron chi connectivity index (χ1n) is 8.06. The van der Waals surface area contributed by atoms with Crippen LogP contribution in [0.15, 0.2) is 47.3 Å². The molecule has 1 N–H and O–H groups in total. The fraction of sp³-hybridized carbons (Fsp3) is 0.278. The maximum atomic E-state index is 13.3. The average molecular weight is 342 g/mol. The lowest BCUT2D eigenvalue weighted by atomic mass is 10.1. The highest BCUT2D eigenvalue weighted by molar-refractivity contribution is 5.93. The minimum absolute atomic E-state index is 0.0882. The summed E-state index contributed by atoms with van der Waals surface area (Å²) in [6.07, 6.45) is 3.61. The highest BCUT2D eigenvalue weighted by Gasteiger charge is 2.18. The Hall–Kier alpha value is -2.96. The summed E-state index contributed by atoms with van der Waals surface area (Å²) in [6, 6.07) is 8.05. The Balaban J connectivity index is 1.58. The molecule has 1 amide bonds. The van der Waals surface area contributed by atoms with Crippen molar-refractivity contribution in [2.45, 2.75) is 26.2 Å². The molecule has 0 radical (unpaired) electrons. The van der Waals surface area contributed by atoms with Crippen LogP contribution in [0.3, 0.4) is 0 Å². The van der Waals surface area contributed by atoms with E-state index in [1.807, 2.05) is 19.9 Å². The second kappa shape index (κ2) is 7.29. The molecule has 130 valence electrons. The Morgan fingerprint density at radius 3 is 2.96 bits per heavy atom. The molecule has 7 heteroatoms. The summed E-state index contributed by atoms with van der Waals surface area (Å²) in [5.74, 6) is 0.0930. The normalized spacial score (nSPS) is 11.0. The van der Waals surface area contributed by atoms with Crippen LogP contribution in [0.5, 0.6) is 0 Å². The van der Waals surface area contributed by atoms with Crippen molar-refractivity contribution >= 4 is 5.91 Å². The molecule has 3 aromatic rings. The Kier molecular flexibility index (Phi) is 4.92. The van der Waals surface area contributed by atoms with Crippen molar-refractivity contribution in [3.8, 4) is 5.69 Å². The molecule has 0 saturated heterocycles. The van der Waals surface area contributed by atoms with Gasteiger partial charge >= 0.3 is 0 Å². The summed E-state index contributed by atoms with van der Waals surface area (Å²) in [7, 11) is 0. The van der Waals surface area contributed by atoms with Gasteiger partial charge in [0.25, 0.3) is 5.91 Å². The Morgan fingerprint density at radius 2 is 2.20 bits per heavy atom. The van der Waals surface area contributed by atoms with E-state index < -0.39 is 0 Å². The minimum Gasteiger partial charge on any atom is -0.447 e. The molecule has 0 unspecified atom stereocenters. The van der Waals surface area contributed by atoms with E-state index in [2.05, 4.69) is 15.4 Å². The van der Waals surface area contributed by atoms with Crippen LogP contribution in [0.1, 0.15) is 41.7 Å². The van der Waals surface area contributed by atoms with Crippen LogP contribution in [-0.4, -0.2) is 27.2 Å². The number of benzene rings is 1. The number of oxazole rings is 1. The van der Waals surface area contributed by atoms with Gasteiger partial charge in [-0.3, -0.25) is 4.79 Å². The third kappa shape index (κ3) is 3.93. The number of nitrogens with zero attached hydrogens (tertiary/aromatic N) is 3. The van der Waals surface area contributed by atoms with Crippen LogP contribution in [0, 0.1) is 5.82 Å². The molecule has 0 saturated carbocycles. The number of hydrogen-bond donors (Lipinski definition) is 1. The van der Waals surface area contributed by atoms with Crippen LogP contribution < -0.4 is 5.32 Å². The maximum Gasteiger partial charge on any atom is 0.273 e. The molecule has 2 aromatic heterocycles. The summed E-state index contributed by atoms with van der Waals surface area (Å²) in [5, 5.41) is 7.21. The average Bonchev–Trinajstić information content (AvgIpc) is 3.24. The third-order valence-electron chi connectivity index (χ3n) is 3.72. The molecule has 6 nitrogen and oxygen atoms in total. The summed E-state index contributed by atoms with van der Waals surface area (Å²) in [4.78, 5) is 16.2. The predicted octanol–water partition coefficient (Wildman–Crippen LogP) is 3.10. The lowest BCUT2D eigenvalue weighted by molar-refractivity contribution is 0.0947. The third-order valence-corrected chi connectivity index (χ3v) is 3.72. The zero-order valence-electron chi connectivity index (χ0n) is 14.1. The fourth-order valence-electron chi connectivity index (χ4n) is 2.48. The molecule has 0 aliphatic heterocycles. The predicted molar refractivity (Wildman–Crippen MR) is 90.2 cm³/mol. The Labute approximate surface area is 144 Å². The second-order valence-electron chi connectivity index (χ2n) is 5.96. The summed E-state index contributed by atoms with van der Waals surface area (Å²) < 4.78 is 20.1. The number of amides is 1. The molecule has 0 spiro atoms. The van der Waals surface area contributed by atoms with E-state index in [4.69, 9.17) is 4.42 Å². The Morgan fingerprint density at radius 1 is 1.36 bits per heavy atom. The van der Waals surface area contributed by atoms with Gasteiger partial charge in [-0.25, -0.2) is 14.1 Å². The molecule has 0 aliphatic carbocycles. The summed E-state index contributed by atoms with van der Waals surface area (Å²) in [5.41, 5.74) is 1.77. The number of rotatable bonds is 6. The van der Waals surface area contributed by atoms with Crippen molar-refractivity contribution in [1.82, 2.24) is 20.1 Å². The largest absolute Gasteiger partial charge is 0.447 e. The molecular formula is C18H19FN4O2. The van der Waals surface area contributed by atoms with Gasteiger partial charge in [0.2, 0.25) is 0 Å². The van der Waals surface area contributed by atoms with Gasteiger partial charge < -0.3 is 9.73 Å². The maximum absolute atomic E-state index is 13.3. The first-order valence-corrected chi connectivity index (χ1v) is 8.06. The molecule has 25 heavy (non-hydrogen) atoms. The summed E-state index contributed by atoms with van der Waals surface area (Å²) >= 11 is 0. The molecule has 0 aliphatic rings. The van der Waals surface area contributed by atoms with E-state index in [1.54, 1.807) is 23.0 Å². The smallest absolute Gasteiger partial charge is 0.273 e. The van der Waals surface area contributed by atoms with Crippen molar-refractivity contribution in [3.05, 3.63) is 65.9 Å². The van der Waals surface area contributed by atoms with Gasteiger partial charge in [0.1, 0.15) is 11.6 Å². The summed E-state index contributed by atoms with van der Waals surface area (Å²) in [6.45, 7) is 4.30. The lowest BCUT2D eigenvalue weighted by Crippen LogP contribution is -2.27. The minimum atomic E-state index is -0.310. The van der Waals surface area contributed by atoms with E-state index in [0.717, 1.165) is 5.69 Å². The van der Waals surface area contributed by atoms with Crippen molar-refractivity contribution in [2.75, 3.05) is 6.54 Å². The standard InChI is InChI=1S/C18H19FN4O2/c1-12(2)17-16(21-11-25-17)18(24)20-8-6-14-7-9-23(22-14)15-5-3-4-13(19)10-15/h3-5,7,9-12H,6,8H2,1-2H3,(H,20,24). The van der Waals surface area contributed by atoms with Gasteiger partial charge in [-0.05, 0) is 24.3 Å². The van der Waals surface area contributed by atoms with Gasteiger partial charge in [0, 0.05) is 25.1 Å². The lowest BCUT2D eigenvalue weighted by Gasteiger charge is -2.05. The van der Waals surface area contributed by atoms with E-state index in [-0.39, 0.29) is 17.6 Å². The van der Waals surface area contributed by atoms with Crippen LogP contribution in [0.25, 0.3) is 5.69 Å². The number of hydrogen-bond acceptors (Lipinski definition) is 4. The highest BCUT2D eigenvalue weighted by atomic mass is 19.1. The topological polar surface area (TPSA) is 73.0 Å². The van der Waals surface area contributed by atoms with E-state index in [1.165, 1.54) is 18.5 Å². The molecule has 0 bridgehead atoms. The van der Waals surface area contributed by atoms with Crippen LogP contribution in [0.2, 0.25) is 0 Å². The van der Waals surface area contributed by atoms with Gasteiger partial charge in [-0.15, -0.1) is 0 Å². The van der Waals surface area contributed by atoms with E-state index in [0.29, 0.717) is 30.1 Å². The molecule has 3 rings (SSSR count). The number of carbonyl (C=O) groups excluding carboxylic acids is 1. The van der Waals surface area contributed by atoms with Gasteiger partial charge in [0.15, 0.2) is 12.1 Å². The van der Waals surface area contributed by atoms with Gasteiger partial charge in [-0.2, -0.15) is 5.10 Å². The quantitative estimate of drug-likeness (QED) is 0.747. The van der Waals surface area contributed by atoms with Crippen molar-refractivity contribution < 1.29 is 13.6 Å². The van der Waals surface area contributed by atoms with Gasteiger partial charge in [-0.1, -0.05) is 19.9 Å². The van der Waals surface area contributed by atoms with Crippen molar-refractivity contribution in [1.29, 1.82) is 0 Å². The van der Waals surface area contributed by atoms with E-state index in [9.17, 15) is 9.18 Å². The number of aromatic nitrogens is 3. The number of carbonyl (C=O) groups is 1. The number of nitrogens with one attached hydrogen (secondary N) is 1. The molecule has 0 atom stereocenters. The molecule has 0 fully saturated rings. The number of halogens is 1. The first-order chi connectivity index (χ1) is 12.0. The molecule has 2 heterocycles. The second-order valence-corrected chi connectivity index (χ2v) is 5.96. The van der Waals surface area contributed by atoms with Crippen LogP contribution >= 0.6 is 0 Å². The van der Waals surface area contributed by atoms with Crippen molar-refractivity contribution in [3.63, 3.8) is 0 Å². The first kappa shape index (κ1) is 16.9. The van der Waals surface area contributed by atoms with E-state index >= 15 is 0 Å². The van der Waals surface area contributed by atoms with Crippen molar-refractivity contribution in [2.24, 2.45) is 0 Å². The molecule has 1 aromatic carbocycles.